The molecule has 0 unspecified atom stereocenters. The first-order chi connectivity index (χ1) is 6.52. The van der Waals surface area contributed by atoms with Crippen molar-refractivity contribution in [1.82, 2.24) is 4.90 Å². The largest absolute Gasteiger partial charge is 0.481 e. The van der Waals surface area contributed by atoms with Crippen LogP contribution in [0.4, 0.5) is 0 Å². The van der Waals surface area contributed by atoms with E-state index >= 15 is 0 Å². The third kappa shape index (κ3) is 2.99. The van der Waals surface area contributed by atoms with E-state index in [1.165, 1.54) is 0 Å². The SMILES string of the molecule is C[C@H](N)C(=O)N(CCC(=O)O)C1CC1. The second-order valence-electron chi connectivity index (χ2n) is 3.70. The van der Waals surface area contributed by atoms with Crippen LogP contribution in [0.2, 0.25) is 0 Å². The van der Waals surface area contributed by atoms with Crippen LogP contribution in [0, 0.1) is 0 Å². The second-order valence-corrected chi connectivity index (χ2v) is 3.70. The third-order valence-corrected chi connectivity index (χ3v) is 2.23. The fourth-order valence-corrected chi connectivity index (χ4v) is 1.34. The minimum Gasteiger partial charge on any atom is -0.481 e. The van der Waals surface area contributed by atoms with E-state index in [1.807, 2.05) is 0 Å². The molecule has 5 heteroatoms. The van der Waals surface area contributed by atoms with Crippen LogP contribution in [-0.2, 0) is 9.59 Å². The molecular formula is C9H16N2O3. The molecule has 1 rings (SSSR count). The van der Waals surface area contributed by atoms with E-state index in [4.69, 9.17) is 10.8 Å². The number of rotatable bonds is 5. The maximum atomic E-state index is 11.5. The first kappa shape index (κ1) is 11.0. The average molecular weight is 200 g/mol. The molecule has 0 aliphatic heterocycles. The summed E-state index contributed by atoms with van der Waals surface area (Å²) < 4.78 is 0. The lowest BCUT2D eigenvalue weighted by atomic mass is 10.2. The van der Waals surface area contributed by atoms with Gasteiger partial charge >= 0.3 is 5.97 Å². The number of hydrogen-bond acceptors (Lipinski definition) is 3. The Morgan fingerprint density at radius 3 is 2.50 bits per heavy atom. The summed E-state index contributed by atoms with van der Waals surface area (Å²) in [6, 6.07) is -0.308. The van der Waals surface area contributed by atoms with Crippen LogP contribution in [0.15, 0.2) is 0 Å². The van der Waals surface area contributed by atoms with Crippen molar-refractivity contribution < 1.29 is 14.7 Å². The van der Waals surface area contributed by atoms with Crippen molar-refractivity contribution >= 4 is 11.9 Å². The van der Waals surface area contributed by atoms with Crippen LogP contribution in [0.5, 0.6) is 0 Å². The van der Waals surface area contributed by atoms with Gasteiger partial charge in [0.05, 0.1) is 12.5 Å². The number of amides is 1. The molecule has 80 valence electrons. The molecule has 0 aromatic carbocycles. The highest BCUT2D eigenvalue weighted by atomic mass is 16.4. The molecule has 0 heterocycles. The summed E-state index contributed by atoms with van der Waals surface area (Å²) >= 11 is 0. The number of aliphatic carboxylic acids is 1. The molecule has 0 bridgehead atoms. The molecule has 1 aliphatic carbocycles. The predicted molar refractivity (Wildman–Crippen MR) is 50.6 cm³/mol. The van der Waals surface area contributed by atoms with Gasteiger partial charge in [-0.05, 0) is 19.8 Å². The molecule has 0 aromatic rings. The zero-order chi connectivity index (χ0) is 10.7. The number of carbonyl (C=O) groups is 2. The minimum atomic E-state index is -0.881. The molecular weight excluding hydrogens is 184 g/mol. The van der Waals surface area contributed by atoms with E-state index in [2.05, 4.69) is 0 Å². The van der Waals surface area contributed by atoms with Gasteiger partial charge in [0, 0.05) is 12.6 Å². The zero-order valence-corrected chi connectivity index (χ0v) is 8.27. The van der Waals surface area contributed by atoms with Gasteiger partial charge < -0.3 is 15.7 Å². The molecule has 5 nitrogen and oxygen atoms in total. The molecule has 0 radical (unpaired) electrons. The highest BCUT2D eigenvalue weighted by Gasteiger charge is 2.33. The molecule has 14 heavy (non-hydrogen) atoms. The first-order valence-electron chi connectivity index (χ1n) is 4.80. The Hall–Kier alpha value is -1.10. The molecule has 0 spiro atoms. The summed E-state index contributed by atoms with van der Waals surface area (Å²) in [6.45, 7) is 1.90. The number of carboxylic acid groups (broad SMARTS) is 1. The Morgan fingerprint density at radius 1 is 1.57 bits per heavy atom. The molecule has 1 saturated carbocycles. The molecule has 0 saturated heterocycles. The van der Waals surface area contributed by atoms with Crippen molar-refractivity contribution in [2.24, 2.45) is 5.73 Å². The van der Waals surface area contributed by atoms with Crippen molar-refractivity contribution in [3.05, 3.63) is 0 Å². The summed E-state index contributed by atoms with van der Waals surface area (Å²) in [5.74, 6) is -1.03. The molecule has 1 atom stereocenters. The molecule has 1 fully saturated rings. The quantitative estimate of drug-likeness (QED) is 0.643. The maximum absolute atomic E-state index is 11.5. The summed E-state index contributed by atoms with van der Waals surface area (Å²) in [4.78, 5) is 23.5. The Kier molecular flexibility index (Phi) is 3.46. The van der Waals surface area contributed by atoms with Crippen molar-refractivity contribution in [2.75, 3.05) is 6.54 Å². The van der Waals surface area contributed by atoms with Crippen LogP contribution in [0.25, 0.3) is 0 Å². The van der Waals surface area contributed by atoms with E-state index in [9.17, 15) is 9.59 Å². The number of hydrogen-bond donors (Lipinski definition) is 2. The van der Waals surface area contributed by atoms with Gasteiger partial charge in [0.15, 0.2) is 0 Å². The van der Waals surface area contributed by atoms with Crippen molar-refractivity contribution in [2.45, 2.75) is 38.3 Å². The summed E-state index contributed by atoms with van der Waals surface area (Å²) in [5.41, 5.74) is 5.47. The van der Waals surface area contributed by atoms with Gasteiger partial charge in [-0.15, -0.1) is 0 Å². The van der Waals surface area contributed by atoms with Gasteiger partial charge in [-0.3, -0.25) is 9.59 Å². The Balaban J connectivity index is 2.46. The standard InChI is InChI=1S/C9H16N2O3/c1-6(10)9(14)11(7-2-3-7)5-4-8(12)13/h6-7H,2-5,10H2,1H3,(H,12,13)/t6-/m0/s1. The monoisotopic (exact) mass is 200 g/mol. The van der Waals surface area contributed by atoms with Gasteiger partial charge in [0.25, 0.3) is 0 Å². The normalized spacial score (nSPS) is 17.6. The van der Waals surface area contributed by atoms with Gasteiger partial charge in [-0.2, -0.15) is 0 Å². The lowest BCUT2D eigenvalue weighted by Crippen LogP contribution is -2.44. The summed E-state index contributed by atoms with van der Waals surface area (Å²) in [7, 11) is 0. The number of nitrogens with zero attached hydrogens (tertiary/aromatic N) is 1. The minimum absolute atomic E-state index is 0.00500. The van der Waals surface area contributed by atoms with Crippen molar-refractivity contribution in [3.8, 4) is 0 Å². The first-order valence-corrected chi connectivity index (χ1v) is 4.80. The van der Waals surface area contributed by atoms with Gasteiger partial charge in [-0.1, -0.05) is 0 Å². The molecule has 0 aromatic heterocycles. The number of carbonyl (C=O) groups excluding carboxylic acids is 1. The van der Waals surface area contributed by atoms with Crippen molar-refractivity contribution in [1.29, 1.82) is 0 Å². The van der Waals surface area contributed by atoms with E-state index in [-0.39, 0.29) is 24.9 Å². The smallest absolute Gasteiger partial charge is 0.305 e. The van der Waals surface area contributed by atoms with Gasteiger partial charge in [0.1, 0.15) is 0 Å². The Bertz CT molecular complexity index is 236. The van der Waals surface area contributed by atoms with Crippen LogP contribution in [0.1, 0.15) is 26.2 Å². The molecule has 3 N–H and O–H groups in total. The number of nitrogens with two attached hydrogens (primary N) is 1. The average Bonchev–Trinajstić information content (AvgIpc) is 2.87. The zero-order valence-electron chi connectivity index (χ0n) is 8.27. The topological polar surface area (TPSA) is 83.6 Å². The van der Waals surface area contributed by atoms with E-state index < -0.39 is 12.0 Å². The Labute approximate surface area is 82.9 Å². The molecule has 1 aliphatic rings. The number of carboxylic acids is 1. The Morgan fingerprint density at radius 2 is 2.14 bits per heavy atom. The van der Waals surface area contributed by atoms with E-state index in [0.29, 0.717) is 0 Å². The van der Waals surface area contributed by atoms with Crippen LogP contribution >= 0.6 is 0 Å². The van der Waals surface area contributed by atoms with E-state index in [1.54, 1.807) is 11.8 Å². The molecule has 1 amide bonds. The lowest BCUT2D eigenvalue weighted by molar-refractivity contribution is -0.139. The fourth-order valence-electron chi connectivity index (χ4n) is 1.34. The lowest BCUT2D eigenvalue weighted by Gasteiger charge is -2.23. The predicted octanol–water partition coefficient (Wildman–Crippen LogP) is -0.201. The van der Waals surface area contributed by atoms with Crippen LogP contribution in [-0.4, -0.2) is 40.5 Å². The summed E-state index contributed by atoms with van der Waals surface area (Å²) in [5, 5.41) is 8.52. The highest BCUT2D eigenvalue weighted by Crippen LogP contribution is 2.27. The second kappa shape index (κ2) is 4.41. The maximum Gasteiger partial charge on any atom is 0.305 e. The van der Waals surface area contributed by atoms with Gasteiger partial charge in [-0.25, -0.2) is 0 Å². The van der Waals surface area contributed by atoms with Crippen LogP contribution in [0.3, 0.4) is 0 Å². The van der Waals surface area contributed by atoms with Crippen molar-refractivity contribution in [3.63, 3.8) is 0 Å². The van der Waals surface area contributed by atoms with E-state index in [0.717, 1.165) is 12.8 Å². The third-order valence-electron chi connectivity index (χ3n) is 2.23. The van der Waals surface area contributed by atoms with Gasteiger partial charge in [0.2, 0.25) is 5.91 Å². The summed E-state index contributed by atoms with van der Waals surface area (Å²) in [6.07, 6.45) is 1.94. The highest BCUT2D eigenvalue weighted by molar-refractivity contribution is 5.82. The van der Waals surface area contributed by atoms with Crippen LogP contribution < -0.4 is 5.73 Å². The fraction of sp³-hybridized carbons (Fsp3) is 0.778.